The Bertz CT molecular complexity index is 491. The van der Waals surface area contributed by atoms with Gasteiger partial charge in [-0.2, -0.15) is 0 Å². The molecule has 0 aliphatic rings. The van der Waals surface area contributed by atoms with Crippen LogP contribution in [0.1, 0.15) is 5.69 Å². The van der Waals surface area contributed by atoms with Gasteiger partial charge < -0.3 is 0 Å². The van der Waals surface area contributed by atoms with Crippen molar-refractivity contribution in [2.24, 2.45) is 0 Å². The predicted octanol–water partition coefficient (Wildman–Crippen LogP) is 1.99. The molecule has 2 aromatic rings. The Morgan fingerprint density at radius 1 is 1.14 bits per heavy atom. The minimum atomic E-state index is 0.911. The summed E-state index contributed by atoms with van der Waals surface area (Å²) in [6.07, 6.45) is 5.78. The Morgan fingerprint density at radius 2 is 1.93 bits per heavy atom. The van der Waals surface area contributed by atoms with E-state index in [1.165, 1.54) is 0 Å². The molecule has 64 valence electrons. The van der Waals surface area contributed by atoms with Crippen LogP contribution in [0.15, 0.2) is 36.5 Å². The van der Waals surface area contributed by atoms with Gasteiger partial charge in [0.25, 0.3) is 0 Å². The zero-order chi connectivity index (χ0) is 9.80. The molecule has 1 aromatic heterocycles. The van der Waals surface area contributed by atoms with E-state index in [1.807, 2.05) is 36.4 Å². The third-order valence-electron chi connectivity index (χ3n) is 1.87. The Hall–Kier alpha value is -1.21. The van der Waals surface area contributed by atoms with Gasteiger partial charge >= 0.3 is 91.8 Å². The van der Waals surface area contributed by atoms with Gasteiger partial charge in [-0.1, -0.05) is 0 Å². The van der Waals surface area contributed by atoms with E-state index in [2.05, 4.69) is 14.6 Å². The van der Waals surface area contributed by atoms with Crippen LogP contribution in [0, 0.1) is 0 Å². The molecule has 2 nitrogen and oxygen atoms in total. The Morgan fingerprint density at radius 3 is 2.71 bits per heavy atom. The van der Waals surface area contributed by atoms with E-state index in [1.54, 1.807) is 6.20 Å². The molecule has 0 radical (unpaired) electrons. The number of allylic oxidation sites excluding steroid dienone is 1. The molecule has 0 fully saturated rings. The van der Waals surface area contributed by atoms with Gasteiger partial charge in [0.05, 0.1) is 0 Å². The monoisotopic (exact) mass is 232 g/mol. The van der Waals surface area contributed by atoms with Crippen molar-refractivity contribution in [3.8, 4) is 0 Å². The Kier molecular flexibility index (Phi) is 2.90. The molecule has 0 saturated carbocycles. The summed E-state index contributed by atoms with van der Waals surface area (Å²) in [4.78, 5) is 8.77. The molecule has 0 unspecified atom stereocenters. The van der Waals surface area contributed by atoms with Gasteiger partial charge in [0, 0.05) is 0 Å². The molecule has 1 aromatic carbocycles. The maximum absolute atomic E-state index is 4.46. The van der Waals surface area contributed by atoms with E-state index >= 15 is 0 Å². The van der Waals surface area contributed by atoms with E-state index in [0.717, 1.165) is 34.6 Å². The van der Waals surface area contributed by atoms with Crippen molar-refractivity contribution in [1.82, 2.24) is 9.97 Å². The van der Waals surface area contributed by atoms with Gasteiger partial charge in [-0.3, -0.25) is 0 Å². The fraction of sp³-hybridized carbons (Fsp3) is 0. The topological polar surface area (TPSA) is 25.8 Å². The van der Waals surface area contributed by atoms with Crippen LogP contribution in [-0.4, -0.2) is 14.6 Å². The normalized spacial score (nSPS) is 11.0. The number of fused-ring (bicyclic) bond motifs is 1. The number of nitrogens with zero attached hydrogens (tertiary/aromatic N) is 2. The molecule has 0 aliphatic heterocycles. The first-order valence-electron chi connectivity index (χ1n) is 4.41. The molecule has 3 heteroatoms. The van der Waals surface area contributed by atoms with E-state index < -0.39 is 0 Å². The van der Waals surface area contributed by atoms with Crippen molar-refractivity contribution in [2.45, 2.75) is 0 Å². The first-order chi connectivity index (χ1) is 6.90. The first-order valence-corrected chi connectivity index (χ1v) is 6.12. The molecule has 0 amide bonds. The van der Waals surface area contributed by atoms with E-state index in [-0.39, 0.29) is 0 Å². The van der Waals surface area contributed by atoms with Gasteiger partial charge in [-0.25, -0.2) is 0 Å². The third kappa shape index (κ3) is 1.99. The predicted molar refractivity (Wildman–Crippen MR) is 54.6 cm³/mol. The number of hydrogen-bond acceptors (Lipinski definition) is 2. The molecule has 0 bridgehead atoms. The van der Waals surface area contributed by atoms with Crippen molar-refractivity contribution < 1.29 is 17.9 Å². The van der Waals surface area contributed by atoms with E-state index in [9.17, 15) is 0 Å². The Labute approximate surface area is 91.9 Å². The molecular formula is C11H8N2Zn. The molecule has 0 spiro atoms. The van der Waals surface area contributed by atoms with Crippen molar-refractivity contribution in [2.75, 3.05) is 0 Å². The molecule has 0 N–H and O–H groups in total. The third-order valence-corrected chi connectivity index (χ3v) is 2.44. The standard InChI is InChI=1S/C11H8N2.Zn/c1-2-5-9-8-12-10-6-3-4-7-11(10)13-9;/h1-8H;/b5-2-;. The zero-order valence-corrected chi connectivity index (χ0v) is 10.7. The van der Waals surface area contributed by atoms with Crippen LogP contribution in [0.5, 0.6) is 0 Å². The molecule has 1 heterocycles. The van der Waals surface area contributed by atoms with E-state index in [4.69, 9.17) is 0 Å². The summed E-state index contributed by atoms with van der Waals surface area (Å²) >= 11 is 1.16. The zero-order valence-electron chi connectivity index (χ0n) is 7.72. The summed E-state index contributed by atoms with van der Waals surface area (Å²) in [6.45, 7) is 0. The fourth-order valence-electron chi connectivity index (χ4n) is 1.22. The summed E-state index contributed by atoms with van der Waals surface area (Å²) in [6, 6.07) is 7.89. The second kappa shape index (κ2) is 4.34. The second-order valence-corrected chi connectivity index (χ2v) is 3.87. The van der Waals surface area contributed by atoms with Crippen LogP contribution < -0.4 is 0 Å². The van der Waals surface area contributed by atoms with Crippen LogP contribution in [0.3, 0.4) is 0 Å². The van der Waals surface area contributed by atoms with Gasteiger partial charge in [0.15, 0.2) is 0 Å². The first kappa shape index (κ1) is 9.35. The van der Waals surface area contributed by atoms with Crippen molar-refractivity contribution in [3.05, 3.63) is 42.2 Å². The number of hydrogen-bond donors (Lipinski definition) is 0. The van der Waals surface area contributed by atoms with Crippen molar-refractivity contribution >= 4 is 21.7 Å². The molecule has 0 atom stereocenters. The average molecular weight is 234 g/mol. The fourth-order valence-corrected chi connectivity index (χ4v) is 1.50. The number of rotatable bonds is 2. The van der Waals surface area contributed by atoms with Crippen molar-refractivity contribution in [3.63, 3.8) is 0 Å². The van der Waals surface area contributed by atoms with Crippen LogP contribution in [-0.2, 0) is 17.9 Å². The summed E-state index contributed by atoms with van der Waals surface area (Å²) in [5.74, 6) is 0. The van der Waals surface area contributed by atoms with Gasteiger partial charge in [-0.05, 0) is 0 Å². The summed E-state index contributed by atoms with van der Waals surface area (Å²) in [5, 5.41) is 0. The quantitative estimate of drug-likeness (QED) is 0.742. The summed E-state index contributed by atoms with van der Waals surface area (Å²) in [7, 11) is 0. The minimum absolute atomic E-state index is 0.911. The molecule has 14 heavy (non-hydrogen) atoms. The van der Waals surface area contributed by atoms with Crippen LogP contribution in [0.2, 0.25) is 0 Å². The molecule has 0 saturated heterocycles. The number of para-hydroxylation sites is 2. The maximum atomic E-state index is 4.46. The average Bonchev–Trinajstić information content (AvgIpc) is 2.26. The number of aromatic nitrogens is 2. The van der Waals surface area contributed by atoms with Crippen molar-refractivity contribution in [1.29, 1.82) is 0 Å². The summed E-state index contributed by atoms with van der Waals surface area (Å²) in [5.41, 5.74) is 2.80. The second-order valence-electron chi connectivity index (χ2n) is 2.88. The molecule has 0 aliphatic carbocycles. The van der Waals surface area contributed by atoms with Gasteiger partial charge in [-0.15, -0.1) is 0 Å². The van der Waals surface area contributed by atoms with Crippen LogP contribution >= 0.6 is 0 Å². The van der Waals surface area contributed by atoms with Crippen LogP contribution in [0.25, 0.3) is 17.1 Å². The summed E-state index contributed by atoms with van der Waals surface area (Å²) < 4.78 is 2.09. The molecule has 2 rings (SSSR count). The van der Waals surface area contributed by atoms with Gasteiger partial charge in [0.2, 0.25) is 0 Å². The van der Waals surface area contributed by atoms with Gasteiger partial charge in [0.1, 0.15) is 0 Å². The molecular weight excluding hydrogens is 226 g/mol. The number of benzene rings is 1. The van der Waals surface area contributed by atoms with E-state index in [0.29, 0.717) is 0 Å². The Balaban J connectivity index is 2.51. The van der Waals surface area contributed by atoms with Crippen LogP contribution in [0.4, 0.5) is 0 Å². The SMILES string of the molecule is [Zn]=[CH]/C=C\c1cnc2ccccc2n1.